The summed E-state index contributed by atoms with van der Waals surface area (Å²) in [5.74, 6) is -1.44. The summed E-state index contributed by atoms with van der Waals surface area (Å²) >= 11 is 6.17. The van der Waals surface area contributed by atoms with Crippen molar-refractivity contribution in [2.24, 2.45) is 0 Å². The van der Waals surface area contributed by atoms with Crippen LogP contribution in [0.4, 0.5) is 5.69 Å². The van der Waals surface area contributed by atoms with Crippen LogP contribution in [0.15, 0.2) is 42.5 Å². The number of nitrogens with zero attached hydrogens (tertiary/aromatic N) is 4. The number of amides is 1. The first-order valence-electron chi connectivity index (χ1n) is 11.8. The third-order valence-electron chi connectivity index (χ3n) is 7.43. The van der Waals surface area contributed by atoms with E-state index in [1.807, 2.05) is 6.07 Å². The molecule has 2 aromatic carbocycles. The monoisotopic (exact) mass is 492 g/mol. The number of anilines is 1. The number of halogens is 1. The molecule has 1 fully saturated rings. The van der Waals surface area contributed by atoms with Gasteiger partial charge in [0.05, 0.1) is 12.3 Å². The molecule has 1 spiro atoms. The Morgan fingerprint density at radius 1 is 1.14 bits per heavy atom. The van der Waals surface area contributed by atoms with Crippen molar-refractivity contribution in [3.8, 4) is 5.69 Å². The predicted octanol–water partition coefficient (Wildman–Crippen LogP) is 3.27. The lowest BCUT2D eigenvalue weighted by Gasteiger charge is -2.36. The van der Waals surface area contributed by atoms with Crippen LogP contribution in [0.25, 0.3) is 5.69 Å². The molecule has 6 rings (SSSR count). The Labute approximate surface area is 207 Å². The Bertz CT molecular complexity index is 1360. The number of hydrogen-bond donors (Lipinski definition) is 2. The number of carboxylic acids is 1. The summed E-state index contributed by atoms with van der Waals surface area (Å²) in [6.45, 7) is 2.83. The van der Waals surface area contributed by atoms with Gasteiger partial charge in [0.1, 0.15) is 5.69 Å². The standard InChI is InChI=1S/C26H25ClN4O4/c27-17-2-1-3-19(13-17)31-23-20(22(28-31)25(34)35)6-9-30(24(23)33)18-4-5-21-16(12-18)14-29(10-11-32)15-26(21)7-8-26/h1-5,12-13,32H,6-11,14-15H2,(H,34,35). The smallest absolute Gasteiger partial charge is 0.356 e. The Morgan fingerprint density at radius 2 is 1.97 bits per heavy atom. The van der Waals surface area contributed by atoms with Gasteiger partial charge in [-0.3, -0.25) is 9.69 Å². The average molecular weight is 493 g/mol. The molecule has 8 nitrogen and oxygen atoms in total. The number of aromatic nitrogens is 2. The summed E-state index contributed by atoms with van der Waals surface area (Å²) in [7, 11) is 0. The Kier molecular flexibility index (Phi) is 5.21. The highest BCUT2D eigenvalue weighted by molar-refractivity contribution is 6.30. The van der Waals surface area contributed by atoms with Crippen LogP contribution >= 0.6 is 11.6 Å². The third-order valence-corrected chi connectivity index (χ3v) is 7.67. The van der Waals surface area contributed by atoms with Crippen LogP contribution in [-0.4, -0.2) is 63.0 Å². The maximum absolute atomic E-state index is 13.8. The number of β-amino-alcohol motifs (C(OH)–C–C–N with tert-alkyl or cyclic N) is 1. The first kappa shape index (κ1) is 22.3. The molecule has 1 aliphatic carbocycles. The minimum absolute atomic E-state index is 0.103. The molecule has 2 N–H and O–H groups in total. The molecule has 3 aromatic rings. The molecule has 3 aliphatic rings. The molecule has 2 aliphatic heterocycles. The molecule has 180 valence electrons. The molecular weight excluding hydrogens is 468 g/mol. The number of rotatable bonds is 5. The van der Waals surface area contributed by atoms with Crippen LogP contribution in [0.3, 0.4) is 0 Å². The van der Waals surface area contributed by atoms with Crippen molar-refractivity contribution in [1.82, 2.24) is 14.7 Å². The van der Waals surface area contributed by atoms with E-state index in [1.54, 1.807) is 29.2 Å². The van der Waals surface area contributed by atoms with Gasteiger partial charge in [-0.05, 0) is 60.7 Å². The van der Waals surface area contributed by atoms with E-state index in [0.717, 1.165) is 31.6 Å². The molecule has 0 unspecified atom stereocenters. The maximum atomic E-state index is 13.8. The number of carboxylic acid groups (broad SMARTS) is 1. The van der Waals surface area contributed by atoms with Crippen LogP contribution in [-0.2, 0) is 18.4 Å². The van der Waals surface area contributed by atoms with Gasteiger partial charge in [0.2, 0.25) is 0 Å². The zero-order chi connectivity index (χ0) is 24.3. The van der Waals surface area contributed by atoms with Crippen molar-refractivity contribution in [1.29, 1.82) is 0 Å². The summed E-state index contributed by atoms with van der Waals surface area (Å²) in [6.07, 6.45) is 2.68. The molecule has 1 aromatic heterocycles. The second-order valence-electron chi connectivity index (χ2n) is 9.64. The first-order chi connectivity index (χ1) is 16.9. The van der Waals surface area contributed by atoms with Crippen molar-refractivity contribution >= 4 is 29.2 Å². The number of fused-ring (bicyclic) bond motifs is 3. The summed E-state index contributed by atoms with van der Waals surface area (Å²) in [6, 6.07) is 13.1. The van der Waals surface area contributed by atoms with Gasteiger partial charge in [-0.1, -0.05) is 23.7 Å². The highest BCUT2D eigenvalue weighted by atomic mass is 35.5. The van der Waals surface area contributed by atoms with Crippen molar-refractivity contribution < 1.29 is 19.8 Å². The highest BCUT2D eigenvalue weighted by Crippen LogP contribution is 2.52. The van der Waals surface area contributed by atoms with Crippen LogP contribution in [0.1, 0.15) is 50.5 Å². The summed E-state index contributed by atoms with van der Waals surface area (Å²) in [5, 5.41) is 24.0. The Balaban J connectivity index is 1.40. The number of carbonyl (C=O) groups excluding carboxylic acids is 1. The molecule has 3 heterocycles. The minimum Gasteiger partial charge on any atom is -0.476 e. The van der Waals surface area contributed by atoms with Crippen molar-refractivity contribution in [3.63, 3.8) is 0 Å². The fourth-order valence-electron chi connectivity index (χ4n) is 5.66. The topological polar surface area (TPSA) is 98.9 Å². The van der Waals surface area contributed by atoms with Crippen LogP contribution in [0, 0.1) is 0 Å². The van der Waals surface area contributed by atoms with Crippen LogP contribution in [0.2, 0.25) is 5.02 Å². The van der Waals surface area contributed by atoms with E-state index < -0.39 is 5.97 Å². The Morgan fingerprint density at radius 3 is 2.69 bits per heavy atom. The van der Waals surface area contributed by atoms with Crippen molar-refractivity contribution in [3.05, 3.63) is 75.6 Å². The molecule has 0 atom stereocenters. The maximum Gasteiger partial charge on any atom is 0.356 e. The molecule has 9 heteroatoms. The SMILES string of the molecule is O=C(O)c1nn(-c2cccc(Cl)c2)c2c1CCN(c1ccc3c(c1)CN(CCO)CC31CC1)C2=O. The number of carbonyl (C=O) groups is 2. The lowest BCUT2D eigenvalue weighted by atomic mass is 9.86. The molecule has 0 saturated heterocycles. The van der Waals surface area contributed by atoms with Crippen LogP contribution in [0.5, 0.6) is 0 Å². The molecule has 35 heavy (non-hydrogen) atoms. The average Bonchev–Trinajstić information content (AvgIpc) is 3.47. The lowest BCUT2D eigenvalue weighted by Crippen LogP contribution is -2.41. The van der Waals surface area contributed by atoms with E-state index in [-0.39, 0.29) is 29.3 Å². The summed E-state index contributed by atoms with van der Waals surface area (Å²) in [5.41, 5.74) is 4.63. The number of aliphatic hydroxyl groups is 1. The van der Waals surface area contributed by atoms with Gasteiger partial charge in [0.15, 0.2) is 5.69 Å². The Hall–Kier alpha value is -3.20. The van der Waals surface area contributed by atoms with Gasteiger partial charge < -0.3 is 15.1 Å². The van der Waals surface area contributed by atoms with Gasteiger partial charge in [-0.25, -0.2) is 9.48 Å². The van der Waals surface area contributed by atoms with Crippen molar-refractivity contribution in [2.75, 3.05) is 31.1 Å². The molecule has 0 bridgehead atoms. The van der Waals surface area contributed by atoms with Crippen LogP contribution < -0.4 is 4.90 Å². The van der Waals surface area contributed by atoms with Gasteiger partial charge in [-0.15, -0.1) is 0 Å². The number of benzene rings is 2. The quantitative estimate of drug-likeness (QED) is 0.567. The summed E-state index contributed by atoms with van der Waals surface area (Å²) in [4.78, 5) is 29.7. The zero-order valence-corrected chi connectivity index (χ0v) is 19.8. The largest absolute Gasteiger partial charge is 0.476 e. The third kappa shape index (κ3) is 3.64. The fourth-order valence-corrected chi connectivity index (χ4v) is 5.84. The number of hydrogen-bond acceptors (Lipinski definition) is 5. The molecule has 0 radical (unpaired) electrons. The minimum atomic E-state index is -1.16. The van der Waals surface area contributed by atoms with Gasteiger partial charge in [0.25, 0.3) is 5.91 Å². The second kappa shape index (κ2) is 8.19. The normalized spacial score (nSPS) is 18.5. The number of aliphatic hydroxyl groups excluding tert-OH is 1. The van der Waals surface area contributed by atoms with Gasteiger partial charge in [-0.2, -0.15) is 5.10 Å². The first-order valence-corrected chi connectivity index (χ1v) is 12.2. The zero-order valence-electron chi connectivity index (χ0n) is 19.1. The fraction of sp³-hybridized carbons (Fsp3) is 0.346. The van der Waals surface area contributed by atoms with Crippen molar-refractivity contribution in [2.45, 2.75) is 31.2 Å². The van der Waals surface area contributed by atoms with E-state index >= 15 is 0 Å². The van der Waals surface area contributed by atoms with E-state index in [4.69, 9.17) is 11.6 Å². The molecular formula is C26H25ClN4O4. The predicted molar refractivity (Wildman–Crippen MR) is 131 cm³/mol. The van der Waals surface area contributed by atoms with Gasteiger partial charge in [0, 0.05) is 47.9 Å². The molecule has 1 amide bonds. The molecule has 1 saturated carbocycles. The summed E-state index contributed by atoms with van der Waals surface area (Å²) < 4.78 is 1.40. The number of aromatic carboxylic acids is 1. The van der Waals surface area contributed by atoms with E-state index in [1.165, 1.54) is 15.8 Å². The second-order valence-corrected chi connectivity index (χ2v) is 10.1. The lowest BCUT2D eigenvalue weighted by molar-refractivity contribution is 0.0688. The van der Waals surface area contributed by atoms with E-state index in [9.17, 15) is 19.8 Å². The van der Waals surface area contributed by atoms with E-state index in [0.29, 0.717) is 35.8 Å². The van der Waals surface area contributed by atoms with Gasteiger partial charge >= 0.3 is 5.97 Å². The van der Waals surface area contributed by atoms with E-state index in [2.05, 4.69) is 22.1 Å². The highest BCUT2D eigenvalue weighted by Gasteiger charge is 2.49.